The molecule has 0 amide bonds. The zero-order chi connectivity index (χ0) is 12.6. The molecule has 1 aromatic rings. The predicted molar refractivity (Wildman–Crippen MR) is 74.6 cm³/mol. The Hall–Kier alpha value is -1.09. The average molecular weight is 248 g/mol. The van der Waals surface area contributed by atoms with E-state index in [1.807, 2.05) is 12.3 Å². The molecule has 3 heteroatoms. The van der Waals surface area contributed by atoms with Gasteiger partial charge in [0.05, 0.1) is 6.61 Å². The molecule has 1 N–H and O–H groups in total. The van der Waals surface area contributed by atoms with Gasteiger partial charge in [-0.1, -0.05) is 25.3 Å². The topological polar surface area (TPSA) is 34.1 Å². The van der Waals surface area contributed by atoms with Crippen molar-refractivity contribution < 1.29 is 4.74 Å². The Bertz CT molecular complexity index is 331. The Labute approximate surface area is 110 Å². The molecule has 1 aliphatic rings. The number of nitrogens with zero attached hydrogens (tertiary/aromatic N) is 1. The fraction of sp³-hybridized carbons (Fsp3) is 0.667. The summed E-state index contributed by atoms with van der Waals surface area (Å²) in [4.78, 5) is 4.34. The minimum atomic E-state index is 0.690. The highest BCUT2D eigenvalue weighted by Gasteiger charge is 2.13. The SMILES string of the molecule is CCNc1ccc(COCC2CCCCC2)cn1. The molecular formula is C15H24N2O. The highest BCUT2D eigenvalue weighted by molar-refractivity contribution is 5.34. The van der Waals surface area contributed by atoms with Crippen molar-refractivity contribution in [2.75, 3.05) is 18.5 Å². The van der Waals surface area contributed by atoms with E-state index < -0.39 is 0 Å². The highest BCUT2D eigenvalue weighted by atomic mass is 16.5. The summed E-state index contributed by atoms with van der Waals surface area (Å²) >= 11 is 0. The molecular weight excluding hydrogens is 224 g/mol. The second-order valence-electron chi connectivity index (χ2n) is 5.10. The van der Waals surface area contributed by atoms with Gasteiger partial charge in [0.25, 0.3) is 0 Å². The van der Waals surface area contributed by atoms with Gasteiger partial charge in [-0.15, -0.1) is 0 Å². The Morgan fingerprint density at radius 3 is 2.78 bits per heavy atom. The zero-order valence-corrected chi connectivity index (χ0v) is 11.3. The van der Waals surface area contributed by atoms with E-state index in [1.54, 1.807) is 0 Å². The summed E-state index contributed by atoms with van der Waals surface area (Å²) in [6.07, 6.45) is 8.76. The Balaban J connectivity index is 1.69. The third-order valence-electron chi connectivity index (χ3n) is 3.53. The number of ether oxygens (including phenoxy) is 1. The van der Waals surface area contributed by atoms with E-state index in [0.29, 0.717) is 6.61 Å². The van der Waals surface area contributed by atoms with Gasteiger partial charge >= 0.3 is 0 Å². The molecule has 0 saturated heterocycles. The van der Waals surface area contributed by atoms with Crippen LogP contribution in [0.3, 0.4) is 0 Å². The van der Waals surface area contributed by atoms with E-state index in [2.05, 4.69) is 23.3 Å². The number of pyridine rings is 1. The molecule has 2 rings (SSSR count). The minimum absolute atomic E-state index is 0.690. The Morgan fingerprint density at radius 2 is 2.11 bits per heavy atom. The van der Waals surface area contributed by atoms with Gasteiger partial charge in [-0.05, 0) is 37.3 Å². The average Bonchev–Trinajstić information content (AvgIpc) is 2.42. The standard InChI is InChI=1S/C15H24N2O/c1-2-16-15-9-8-14(10-17-15)12-18-11-13-6-4-3-5-7-13/h8-10,13H,2-7,11-12H2,1H3,(H,16,17). The van der Waals surface area contributed by atoms with E-state index in [0.717, 1.165) is 30.5 Å². The van der Waals surface area contributed by atoms with Crippen molar-refractivity contribution in [3.63, 3.8) is 0 Å². The lowest BCUT2D eigenvalue weighted by Crippen LogP contribution is -2.13. The molecule has 3 nitrogen and oxygen atoms in total. The first-order chi connectivity index (χ1) is 8.88. The summed E-state index contributed by atoms with van der Waals surface area (Å²) in [7, 11) is 0. The Kier molecular flexibility index (Phi) is 5.46. The molecule has 100 valence electrons. The molecule has 18 heavy (non-hydrogen) atoms. The molecule has 0 aliphatic heterocycles. The molecule has 0 aromatic carbocycles. The molecule has 1 aromatic heterocycles. The number of anilines is 1. The maximum atomic E-state index is 5.80. The first-order valence-electron chi connectivity index (χ1n) is 7.15. The van der Waals surface area contributed by atoms with Crippen LogP contribution in [0.4, 0.5) is 5.82 Å². The van der Waals surface area contributed by atoms with Crippen LogP contribution >= 0.6 is 0 Å². The van der Waals surface area contributed by atoms with Crippen LogP contribution < -0.4 is 5.32 Å². The lowest BCUT2D eigenvalue weighted by molar-refractivity contribution is 0.0738. The van der Waals surface area contributed by atoms with Crippen molar-refractivity contribution in [3.05, 3.63) is 23.9 Å². The van der Waals surface area contributed by atoms with Crippen molar-refractivity contribution in [3.8, 4) is 0 Å². The molecule has 0 bridgehead atoms. The minimum Gasteiger partial charge on any atom is -0.376 e. The second kappa shape index (κ2) is 7.37. The number of aromatic nitrogens is 1. The van der Waals surface area contributed by atoms with Crippen LogP contribution in [0, 0.1) is 5.92 Å². The fourth-order valence-corrected chi connectivity index (χ4v) is 2.49. The van der Waals surface area contributed by atoms with Crippen LogP contribution in [-0.4, -0.2) is 18.1 Å². The molecule has 1 heterocycles. The smallest absolute Gasteiger partial charge is 0.125 e. The van der Waals surface area contributed by atoms with Gasteiger partial charge in [0.1, 0.15) is 5.82 Å². The zero-order valence-electron chi connectivity index (χ0n) is 11.3. The van der Waals surface area contributed by atoms with E-state index in [1.165, 1.54) is 32.1 Å². The molecule has 0 atom stereocenters. The highest BCUT2D eigenvalue weighted by Crippen LogP contribution is 2.23. The van der Waals surface area contributed by atoms with Gasteiger partial charge in [0.15, 0.2) is 0 Å². The van der Waals surface area contributed by atoms with Crippen molar-refractivity contribution >= 4 is 5.82 Å². The lowest BCUT2D eigenvalue weighted by Gasteiger charge is -2.21. The molecule has 1 aliphatic carbocycles. The van der Waals surface area contributed by atoms with E-state index in [4.69, 9.17) is 4.74 Å². The van der Waals surface area contributed by atoms with E-state index >= 15 is 0 Å². The van der Waals surface area contributed by atoms with Crippen LogP contribution in [0.2, 0.25) is 0 Å². The second-order valence-corrected chi connectivity index (χ2v) is 5.10. The first kappa shape index (κ1) is 13.3. The third-order valence-corrected chi connectivity index (χ3v) is 3.53. The number of rotatable bonds is 6. The predicted octanol–water partition coefficient (Wildman–Crippen LogP) is 3.61. The third kappa shape index (κ3) is 4.30. The normalized spacial score (nSPS) is 16.7. The van der Waals surface area contributed by atoms with Crippen molar-refractivity contribution in [1.29, 1.82) is 0 Å². The van der Waals surface area contributed by atoms with Crippen molar-refractivity contribution in [2.24, 2.45) is 5.92 Å². The van der Waals surface area contributed by atoms with Crippen LogP contribution in [0.25, 0.3) is 0 Å². The van der Waals surface area contributed by atoms with Gasteiger partial charge in [0.2, 0.25) is 0 Å². The van der Waals surface area contributed by atoms with Crippen LogP contribution in [0.5, 0.6) is 0 Å². The van der Waals surface area contributed by atoms with Gasteiger partial charge in [-0.2, -0.15) is 0 Å². The monoisotopic (exact) mass is 248 g/mol. The Morgan fingerprint density at radius 1 is 1.28 bits per heavy atom. The molecule has 1 fully saturated rings. The summed E-state index contributed by atoms with van der Waals surface area (Å²) in [5.41, 5.74) is 1.16. The fourth-order valence-electron chi connectivity index (χ4n) is 2.49. The molecule has 0 spiro atoms. The lowest BCUT2D eigenvalue weighted by atomic mass is 9.90. The maximum absolute atomic E-state index is 5.80. The largest absolute Gasteiger partial charge is 0.376 e. The molecule has 0 radical (unpaired) electrons. The van der Waals surface area contributed by atoms with E-state index in [-0.39, 0.29) is 0 Å². The van der Waals surface area contributed by atoms with Crippen molar-refractivity contribution in [1.82, 2.24) is 4.98 Å². The summed E-state index contributed by atoms with van der Waals surface area (Å²) in [6.45, 7) is 4.58. The van der Waals surface area contributed by atoms with Gasteiger partial charge in [-0.3, -0.25) is 0 Å². The molecule has 0 unspecified atom stereocenters. The summed E-state index contributed by atoms with van der Waals surface area (Å²) < 4.78 is 5.80. The summed E-state index contributed by atoms with van der Waals surface area (Å²) in [5, 5.41) is 3.19. The van der Waals surface area contributed by atoms with Crippen LogP contribution in [0.15, 0.2) is 18.3 Å². The van der Waals surface area contributed by atoms with Crippen molar-refractivity contribution in [2.45, 2.75) is 45.6 Å². The molecule has 1 saturated carbocycles. The number of nitrogens with one attached hydrogen (secondary N) is 1. The van der Waals surface area contributed by atoms with Crippen LogP contribution in [-0.2, 0) is 11.3 Å². The quantitative estimate of drug-likeness (QED) is 0.835. The van der Waals surface area contributed by atoms with E-state index in [9.17, 15) is 0 Å². The first-order valence-corrected chi connectivity index (χ1v) is 7.15. The summed E-state index contributed by atoms with van der Waals surface area (Å²) in [6, 6.07) is 4.11. The van der Waals surface area contributed by atoms with Crippen LogP contribution in [0.1, 0.15) is 44.6 Å². The van der Waals surface area contributed by atoms with Gasteiger partial charge in [-0.25, -0.2) is 4.98 Å². The number of hydrogen-bond acceptors (Lipinski definition) is 3. The van der Waals surface area contributed by atoms with Gasteiger partial charge in [0, 0.05) is 19.3 Å². The maximum Gasteiger partial charge on any atom is 0.125 e. The van der Waals surface area contributed by atoms with Gasteiger partial charge < -0.3 is 10.1 Å². The number of hydrogen-bond donors (Lipinski definition) is 1. The summed E-state index contributed by atoms with van der Waals surface area (Å²) in [5.74, 6) is 1.72.